The largest absolute Gasteiger partial charge is 0.340 e. The van der Waals surface area contributed by atoms with Crippen molar-refractivity contribution in [1.82, 2.24) is 15.5 Å². The summed E-state index contributed by atoms with van der Waals surface area (Å²) in [5, 5.41) is 7.21. The van der Waals surface area contributed by atoms with E-state index in [1.807, 2.05) is 12.1 Å². The molecule has 7 heteroatoms. The van der Waals surface area contributed by atoms with E-state index in [1.165, 1.54) is 17.8 Å². The molecule has 1 aliphatic carbocycles. The van der Waals surface area contributed by atoms with Crippen molar-refractivity contribution in [2.45, 2.75) is 44.6 Å². The fourth-order valence-electron chi connectivity index (χ4n) is 2.77. The highest BCUT2D eigenvalue weighted by molar-refractivity contribution is 9.11. The SMILES string of the molecule is Cc1nc(C2(NC(=O)c3ccc(Br)s3)CCCCC2)no1. The average molecular weight is 370 g/mol. The third-order valence-electron chi connectivity index (χ3n) is 3.81. The molecular formula is C14H16BrN3O2S. The maximum absolute atomic E-state index is 12.5. The maximum Gasteiger partial charge on any atom is 0.262 e. The van der Waals surface area contributed by atoms with Gasteiger partial charge in [0.2, 0.25) is 5.89 Å². The van der Waals surface area contributed by atoms with Crippen molar-refractivity contribution in [3.63, 3.8) is 0 Å². The monoisotopic (exact) mass is 369 g/mol. The Morgan fingerprint density at radius 2 is 2.14 bits per heavy atom. The molecule has 0 bridgehead atoms. The topological polar surface area (TPSA) is 68.0 Å². The first-order valence-corrected chi connectivity index (χ1v) is 8.59. The van der Waals surface area contributed by atoms with Crippen LogP contribution in [0.5, 0.6) is 0 Å². The summed E-state index contributed by atoms with van der Waals surface area (Å²) in [4.78, 5) is 17.6. The molecule has 1 amide bonds. The summed E-state index contributed by atoms with van der Waals surface area (Å²) in [7, 11) is 0. The number of halogens is 1. The van der Waals surface area contributed by atoms with E-state index in [1.54, 1.807) is 6.92 Å². The van der Waals surface area contributed by atoms with E-state index in [4.69, 9.17) is 4.52 Å². The first-order chi connectivity index (χ1) is 10.1. The smallest absolute Gasteiger partial charge is 0.262 e. The Labute approximate surface area is 135 Å². The zero-order valence-corrected chi connectivity index (χ0v) is 14.1. The summed E-state index contributed by atoms with van der Waals surface area (Å²) in [6.45, 7) is 1.77. The van der Waals surface area contributed by atoms with Gasteiger partial charge in [-0.2, -0.15) is 4.98 Å². The maximum atomic E-state index is 12.5. The molecule has 0 aromatic carbocycles. The van der Waals surface area contributed by atoms with Crippen molar-refractivity contribution in [2.24, 2.45) is 0 Å². The van der Waals surface area contributed by atoms with E-state index in [9.17, 15) is 4.79 Å². The van der Waals surface area contributed by atoms with E-state index < -0.39 is 5.54 Å². The molecule has 2 aromatic rings. The molecule has 3 rings (SSSR count). The van der Waals surface area contributed by atoms with Gasteiger partial charge in [-0.05, 0) is 40.9 Å². The summed E-state index contributed by atoms with van der Waals surface area (Å²) >= 11 is 4.81. The number of carbonyl (C=O) groups is 1. The molecule has 1 aliphatic rings. The number of carbonyl (C=O) groups excluding carboxylic acids is 1. The number of nitrogens with zero attached hydrogens (tertiary/aromatic N) is 2. The fourth-order valence-corrected chi connectivity index (χ4v) is 4.05. The van der Waals surface area contributed by atoms with Crippen LogP contribution in [0.25, 0.3) is 0 Å². The minimum absolute atomic E-state index is 0.0740. The van der Waals surface area contributed by atoms with Crippen LogP contribution in [0.1, 0.15) is 53.5 Å². The lowest BCUT2D eigenvalue weighted by Gasteiger charge is -2.35. The quantitative estimate of drug-likeness (QED) is 0.893. The normalized spacial score (nSPS) is 17.6. The number of thiophene rings is 1. The number of nitrogens with one attached hydrogen (secondary N) is 1. The van der Waals surface area contributed by atoms with Crippen LogP contribution in [0, 0.1) is 6.92 Å². The van der Waals surface area contributed by atoms with Crippen LogP contribution in [-0.4, -0.2) is 16.0 Å². The molecule has 21 heavy (non-hydrogen) atoms. The lowest BCUT2D eigenvalue weighted by molar-refractivity contribution is 0.0859. The fraction of sp³-hybridized carbons (Fsp3) is 0.500. The van der Waals surface area contributed by atoms with Crippen molar-refractivity contribution in [2.75, 3.05) is 0 Å². The van der Waals surface area contributed by atoms with Gasteiger partial charge in [0, 0.05) is 6.92 Å². The number of hydrogen-bond donors (Lipinski definition) is 1. The minimum atomic E-state index is -0.496. The number of hydrogen-bond acceptors (Lipinski definition) is 5. The standard InChI is InChI=1S/C14H16BrN3O2S/c1-9-16-13(18-20-9)14(7-3-2-4-8-14)17-12(19)10-5-6-11(15)21-10/h5-6H,2-4,7-8H2,1H3,(H,17,19). The lowest BCUT2D eigenvalue weighted by Crippen LogP contribution is -2.47. The molecule has 0 spiro atoms. The van der Waals surface area contributed by atoms with Gasteiger partial charge >= 0.3 is 0 Å². The zero-order valence-electron chi connectivity index (χ0n) is 11.7. The van der Waals surface area contributed by atoms with E-state index in [0.717, 1.165) is 29.5 Å². The van der Waals surface area contributed by atoms with Crippen LogP contribution >= 0.6 is 27.3 Å². The Hall–Kier alpha value is -1.21. The van der Waals surface area contributed by atoms with Gasteiger partial charge in [0.25, 0.3) is 5.91 Å². The highest BCUT2D eigenvalue weighted by Gasteiger charge is 2.40. The zero-order chi connectivity index (χ0) is 14.9. The van der Waals surface area contributed by atoms with Gasteiger partial charge in [-0.25, -0.2) is 0 Å². The number of aryl methyl sites for hydroxylation is 1. The Kier molecular flexibility index (Phi) is 4.12. The van der Waals surface area contributed by atoms with Crippen molar-refractivity contribution in [3.05, 3.63) is 32.5 Å². The second kappa shape index (κ2) is 5.88. The van der Waals surface area contributed by atoms with Gasteiger partial charge in [-0.1, -0.05) is 24.4 Å². The first kappa shape index (κ1) is 14.7. The molecule has 0 atom stereocenters. The second-order valence-corrected chi connectivity index (χ2v) is 7.80. The van der Waals surface area contributed by atoms with Crippen molar-refractivity contribution >= 4 is 33.2 Å². The van der Waals surface area contributed by atoms with Crippen molar-refractivity contribution in [1.29, 1.82) is 0 Å². The molecule has 1 fully saturated rings. The molecule has 0 radical (unpaired) electrons. The average Bonchev–Trinajstić information content (AvgIpc) is 3.09. The Morgan fingerprint density at radius 3 is 2.71 bits per heavy atom. The van der Waals surface area contributed by atoms with Gasteiger partial charge in [-0.15, -0.1) is 11.3 Å². The van der Waals surface area contributed by atoms with Crippen LogP contribution in [0.15, 0.2) is 20.4 Å². The van der Waals surface area contributed by atoms with Gasteiger partial charge in [0.15, 0.2) is 5.82 Å². The van der Waals surface area contributed by atoms with Crippen LogP contribution < -0.4 is 5.32 Å². The second-order valence-electron chi connectivity index (χ2n) is 5.34. The summed E-state index contributed by atoms with van der Waals surface area (Å²) in [6.07, 6.45) is 5.00. The van der Waals surface area contributed by atoms with E-state index in [0.29, 0.717) is 16.6 Å². The summed E-state index contributed by atoms with van der Waals surface area (Å²) < 4.78 is 6.06. The predicted molar refractivity (Wildman–Crippen MR) is 83.3 cm³/mol. The Morgan fingerprint density at radius 1 is 1.38 bits per heavy atom. The van der Waals surface area contributed by atoms with Crippen LogP contribution in [0.4, 0.5) is 0 Å². The highest BCUT2D eigenvalue weighted by atomic mass is 79.9. The van der Waals surface area contributed by atoms with Crippen LogP contribution in [0.2, 0.25) is 0 Å². The highest BCUT2D eigenvalue weighted by Crippen LogP contribution is 2.36. The van der Waals surface area contributed by atoms with Crippen LogP contribution in [0.3, 0.4) is 0 Å². The predicted octanol–water partition coefficient (Wildman–Crippen LogP) is 3.79. The van der Waals surface area contributed by atoms with Gasteiger partial charge < -0.3 is 9.84 Å². The molecule has 0 saturated heterocycles. The van der Waals surface area contributed by atoms with Gasteiger partial charge in [0.1, 0.15) is 5.54 Å². The van der Waals surface area contributed by atoms with E-state index >= 15 is 0 Å². The van der Waals surface area contributed by atoms with Crippen LogP contribution in [-0.2, 0) is 5.54 Å². The van der Waals surface area contributed by atoms with Crippen molar-refractivity contribution in [3.8, 4) is 0 Å². The molecule has 1 saturated carbocycles. The third-order valence-corrected chi connectivity index (χ3v) is 5.43. The summed E-state index contributed by atoms with van der Waals surface area (Å²) in [5.41, 5.74) is -0.496. The van der Waals surface area contributed by atoms with E-state index in [2.05, 4.69) is 31.4 Å². The molecule has 2 aromatic heterocycles. The Bertz CT molecular complexity index is 646. The summed E-state index contributed by atoms with van der Waals surface area (Å²) in [6, 6.07) is 3.70. The van der Waals surface area contributed by atoms with Crippen molar-refractivity contribution < 1.29 is 9.32 Å². The first-order valence-electron chi connectivity index (χ1n) is 6.98. The molecular weight excluding hydrogens is 354 g/mol. The molecule has 2 heterocycles. The van der Waals surface area contributed by atoms with Gasteiger partial charge in [-0.3, -0.25) is 4.79 Å². The molecule has 5 nitrogen and oxygen atoms in total. The molecule has 1 N–H and O–H groups in total. The Balaban J connectivity index is 1.87. The molecule has 112 valence electrons. The number of rotatable bonds is 3. The number of aromatic nitrogens is 2. The number of amides is 1. The molecule has 0 aliphatic heterocycles. The van der Waals surface area contributed by atoms with Gasteiger partial charge in [0.05, 0.1) is 8.66 Å². The molecule has 0 unspecified atom stereocenters. The summed E-state index contributed by atoms with van der Waals surface area (Å²) in [5.74, 6) is 1.06. The van der Waals surface area contributed by atoms with E-state index in [-0.39, 0.29) is 5.91 Å². The lowest BCUT2D eigenvalue weighted by atomic mass is 9.81. The third kappa shape index (κ3) is 3.03. The minimum Gasteiger partial charge on any atom is -0.340 e.